The van der Waals surface area contributed by atoms with E-state index in [1.54, 1.807) is 11.7 Å². The minimum absolute atomic E-state index is 0.455. The van der Waals surface area contributed by atoms with E-state index >= 15 is 0 Å². The molecule has 2 N–H and O–H groups in total. The Morgan fingerprint density at radius 1 is 1.73 bits per heavy atom. The summed E-state index contributed by atoms with van der Waals surface area (Å²) in [7, 11) is 1.78. The second kappa shape index (κ2) is 3.13. The van der Waals surface area contributed by atoms with Crippen molar-refractivity contribution >= 4 is 21.7 Å². The summed E-state index contributed by atoms with van der Waals surface area (Å²) < 4.78 is 7.59. The molecule has 0 radical (unpaired) electrons. The quantitative estimate of drug-likeness (QED) is 0.813. The number of halogens is 1. The van der Waals surface area contributed by atoms with Crippen LogP contribution < -0.4 is 10.5 Å². The van der Waals surface area contributed by atoms with Crippen LogP contribution >= 0.6 is 15.9 Å². The van der Waals surface area contributed by atoms with E-state index in [-0.39, 0.29) is 0 Å². The van der Waals surface area contributed by atoms with Crippen molar-refractivity contribution in [2.45, 2.75) is 6.92 Å². The van der Waals surface area contributed by atoms with Crippen LogP contribution in [0, 0.1) is 0 Å². The number of rotatable bonds is 2. The first-order valence-corrected chi connectivity index (χ1v) is 4.06. The predicted molar refractivity (Wildman–Crippen MR) is 46.5 cm³/mol. The fraction of sp³-hybridized carbons (Fsp3) is 0.500. The maximum Gasteiger partial charge on any atom is 0.228 e. The summed E-state index contributed by atoms with van der Waals surface area (Å²) in [5.74, 6) is 1.13. The molecule has 1 aromatic rings. The highest BCUT2D eigenvalue weighted by Gasteiger charge is 2.11. The molecule has 0 aliphatic heterocycles. The molecule has 0 aliphatic rings. The summed E-state index contributed by atoms with van der Waals surface area (Å²) in [5.41, 5.74) is 5.51. The molecule has 0 unspecified atom stereocenters. The topological polar surface area (TPSA) is 53.1 Å². The molecular weight excluding hydrogens is 210 g/mol. The molecule has 4 nitrogen and oxygen atoms in total. The van der Waals surface area contributed by atoms with Gasteiger partial charge >= 0.3 is 0 Å². The lowest BCUT2D eigenvalue weighted by atomic mass is 10.6. The highest BCUT2D eigenvalue weighted by atomic mass is 79.9. The van der Waals surface area contributed by atoms with Gasteiger partial charge in [-0.25, -0.2) is 4.68 Å². The maximum atomic E-state index is 5.51. The zero-order valence-corrected chi connectivity index (χ0v) is 8.05. The van der Waals surface area contributed by atoms with Crippen molar-refractivity contribution in [1.29, 1.82) is 0 Å². The predicted octanol–water partition coefficient (Wildman–Crippen LogP) is 1.16. The molecule has 1 aromatic heterocycles. The molecule has 0 aliphatic carbocycles. The van der Waals surface area contributed by atoms with Gasteiger partial charge in [0.2, 0.25) is 5.88 Å². The van der Waals surface area contributed by atoms with E-state index in [1.165, 1.54) is 0 Å². The maximum absolute atomic E-state index is 5.51. The van der Waals surface area contributed by atoms with Crippen molar-refractivity contribution in [3.8, 4) is 5.88 Å². The lowest BCUT2D eigenvalue weighted by Gasteiger charge is -2.01. The fourth-order valence-corrected chi connectivity index (χ4v) is 1.25. The highest BCUT2D eigenvalue weighted by Crippen LogP contribution is 2.29. The minimum Gasteiger partial charge on any atom is -0.477 e. The van der Waals surface area contributed by atoms with Gasteiger partial charge in [-0.3, -0.25) is 0 Å². The van der Waals surface area contributed by atoms with Gasteiger partial charge in [0, 0.05) is 7.05 Å². The molecule has 11 heavy (non-hydrogen) atoms. The molecular formula is C6H10BrN3O. The zero-order valence-electron chi connectivity index (χ0n) is 6.47. The Balaban J connectivity index is 3.02. The number of aromatic nitrogens is 2. The summed E-state index contributed by atoms with van der Waals surface area (Å²) in [5, 5.41) is 3.95. The van der Waals surface area contributed by atoms with E-state index in [0.717, 1.165) is 4.47 Å². The Labute approximate surface area is 73.5 Å². The molecule has 0 saturated carbocycles. The molecule has 62 valence electrons. The zero-order chi connectivity index (χ0) is 8.43. The van der Waals surface area contributed by atoms with Gasteiger partial charge in [-0.05, 0) is 22.9 Å². The van der Waals surface area contributed by atoms with Gasteiger partial charge in [0.05, 0.1) is 6.61 Å². The number of nitrogen functional groups attached to an aromatic ring is 1. The third-order valence-corrected chi connectivity index (χ3v) is 1.99. The largest absolute Gasteiger partial charge is 0.477 e. The van der Waals surface area contributed by atoms with Crippen LogP contribution in [-0.4, -0.2) is 16.4 Å². The minimum atomic E-state index is 0.455. The van der Waals surface area contributed by atoms with Crippen LogP contribution in [0.2, 0.25) is 0 Å². The van der Waals surface area contributed by atoms with Crippen molar-refractivity contribution in [2.75, 3.05) is 12.3 Å². The van der Waals surface area contributed by atoms with Crippen LogP contribution in [0.1, 0.15) is 6.92 Å². The third-order valence-electron chi connectivity index (χ3n) is 1.25. The standard InChI is InChI=1S/C6H10BrN3O/c1-3-11-6-4(7)5(8)9-10(6)2/h3H2,1-2H3,(H2,8,9). The SMILES string of the molecule is CCOc1c(Br)c(N)nn1C. The average molecular weight is 220 g/mol. The molecule has 5 heteroatoms. The van der Waals surface area contributed by atoms with E-state index in [9.17, 15) is 0 Å². The summed E-state index contributed by atoms with van der Waals surface area (Å²) >= 11 is 3.27. The summed E-state index contributed by atoms with van der Waals surface area (Å²) in [4.78, 5) is 0. The molecule has 0 atom stereocenters. The van der Waals surface area contributed by atoms with E-state index in [1.807, 2.05) is 6.92 Å². The van der Waals surface area contributed by atoms with Crippen molar-refractivity contribution < 1.29 is 4.74 Å². The van der Waals surface area contributed by atoms with Crippen LogP contribution in [0.25, 0.3) is 0 Å². The molecule has 0 aromatic carbocycles. The van der Waals surface area contributed by atoms with Crippen LogP contribution in [0.5, 0.6) is 5.88 Å². The van der Waals surface area contributed by atoms with E-state index in [0.29, 0.717) is 18.3 Å². The number of hydrogen-bond donors (Lipinski definition) is 1. The Bertz CT molecular complexity index is 259. The third kappa shape index (κ3) is 1.48. The van der Waals surface area contributed by atoms with Crippen molar-refractivity contribution in [1.82, 2.24) is 9.78 Å². The summed E-state index contributed by atoms with van der Waals surface area (Å²) in [6.45, 7) is 2.52. The van der Waals surface area contributed by atoms with Crippen molar-refractivity contribution in [2.24, 2.45) is 7.05 Å². The number of ether oxygens (including phenoxy) is 1. The Morgan fingerprint density at radius 3 is 2.73 bits per heavy atom. The fourth-order valence-electron chi connectivity index (χ4n) is 0.796. The van der Waals surface area contributed by atoms with E-state index < -0.39 is 0 Å². The Morgan fingerprint density at radius 2 is 2.36 bits per heavy atom. The van der Waals surface area contributed by atoms with Gasteiger partial charge in [0.15, 0.2) is 5.82 Å². The number of hydrogen-bond acceptors (Lipinski definition) is 3. The second-order valence-electron chi connectivity index (χ2n) is 2.06. The highest BCUT2D eigenvalue weighted by molar-refractivity contribution is 9.10. The number of aryl methyl sites for hydroxylation is 1. The lowest BCUT2D eigenvalue weighted by Crippen LogP contribution is -1.99. The number of nitrogens with two attached hydrogens (primary N) is 1. The number of anilines is 1. The van der Waals surface area contributed by atoms with Crippen molar-refractivity contribution in [3.05, 3.63) is 4.47 Å². The molecule has 0 fully saturated rings. The first-order chi connectivity index (χ1) is 5.16. The Hall–Kier alpha value is -0.710. The van der Waals surface area contributed by atoms with Crippen LogP contribution in [0.15, 0.2) is 4.47 Å². The van der Waals surface area contributed by atoms with Crippen LogP contribution in [0.3, 0.4) is 0 Å². The summed E-state index contributed by atoms with van der Waals surface area (Å²) in [6, 6.07) is 0. The first kappa shape index (κ1) is 8.39. The number of nitrogens with zero attached hydrogens (tertiary/aromatic N) is 2. The van der Waals surface area contributed by atoms with Gasteiger partial charge in [0.25, 0.3) is 0 Å². The van der Waals surface area contributed by atoms with Gasteiger partial charge in [0.1, 0.15) is 4.47 Å². The molecule has 0 bridgehead atoms. The second-order valence-corrected chi connectivity index (χ2v) is 2.85. The molecule has 1 rings (SSSR count). The Kier molecular flexibility index (Phi) is 2.38. The molecule has 0 amide bonds. The van der Waals surface area contributed by atoms with Crippen molar-refractivity contribution in [3.63, 3.8) is 0 Å². The normalized spacial score (nSPS) is 10.1. The van der Waals surface area contributed by atoms with Crippen LogP contribution in [0.4, 0.5) is 5.82 Å². The average Bonchev–Trinajstić information content (AvgIpc) is 2.17. The summed E-state index contributed by atoms with van der Waals surface area (Å²) in [6.07, 6.45) is 0. The van der Waals surface area contributed by atoms with Gasteiger partial charge in [-0.15, -0.1) is 0 Å². The molecule has 0 spiro atoms. The molecule has 0 saturated heterocycles. The van der Waals surface area contributed by atoms with Gasteiger partial charge < -0.3 is 10.5 Å². The van der Waals surface area contributed by atoms with Gasteiger partial charge in [-0.2, -0.15) is 5.10 Å². The smallest absolute Gasteiger partial charge is 0.228 e. The first-order valence-electron chi connectivity index (χ1n) is 3.27. The van der Waals surface area contributed by atoms with E-state index in [2.05, 4.69) is 21.0 Å². The van der Waals surface area contributed by atoms with E-state index in [4.69, 9.17) is 10.5 Å². The van der Waals surface area contributed by atoms with Crippen LogP contribution in [-0.2, 0) is 7.05 Å². The lowest BCUT2D eigenvalue weighted by molar-refractivity contribution is 0.307. The van der Waals surface area contributed by atoms with Gasteiger partial charge in [-0.1, -0.05) is 0 Å². The monoisotopic (exact) mass is 219 g/mol. The molecule has 1 heterocycles.